The highest BCUT2D eigenvalue weighted by Crippen LogP contribution is 2.22. The van der Waals surface area contributed by atoms with Crippen molar-refractivity contribution in [1.82, 2.24) is 10.2 Å². The van der Waals surface area contributed by atoms with Crippen LogP contribution in [-0.4, -0.2) is 37.0 Å². The van der Waals surface area contributed by atoms with Crippen molar-refractivity contribution in [3.63, 3.8) is 0 Å². The van der Waals surface area contributed by atoms with Crippen molar-refractivity contribution in [3.05, 3.63) is 0 Å². The first-order valence-electron chi connectivity index (χ1n) is 7.16. The number of nitrogens with zero attached hydrogens (tertiary/aromatic N) is 1. The maximum atomic E-state index is 12.0. The van der Waals surface area contributed by atoms with Crippen LogP contribution in [0.25, 0.3) is 0 Å². The number of hydrogen-bond acceptors (Lipinski definition) is 2. The standard InChI is InChI=1S/C14H28N2O/c1-4-6-8-12-9-13(15-3)11-16(10-12)14(17)7-5-2/h12-13,15H,4-11H2,1-3H3. The molecule has 17 heavy (non-hydrogen) atoms. The van der Waals surface area contributed by atoms with E-state index in [1.807, 2.05) is 7.05 Å². The van der Waals surface area contributed by atoms with Crippen molar-refractivity contribution >= 4 is 5.91 Å². The molecule has 0 bridgehead atoms. The van der Waals surface area contributed by atoms with Gasteiger partial charge in [0.15, 0.2) is 0 Å². The summed E-state index contributed by atoms with van der Waals surface area (Å²) in [5, 5.41) is 3.34. The monoisotopic (exact) mass is 240 g/mol. The molecular formula is C14H28N2O. The molecule has 1 aliphatic rings. The average Bonchev–Trinajstić information content (AvgIpc) is 2.36. The second-order valence-corrected chi connectivity index (χ2v) is 5.28. The van der Waals surface area contributed by atoms with E-state index in [1.165, 1.54) is 25.7 Å². The Labute approximate surface area is 106 Å². The fraction of sp³-hybridized carbons (Fsp3) is 0.929. The maximum absolute atomic E-state index is 12.0. The first-order valence-corrected chi connectivity index (χ1v) is 7.16. The third-order valence-corrected chi connectivity index (χ3v) is 3.73. The highest BCUT2D eigenvalue weighted by Gasteiger charge is 2.28. The van der Waals surface area contributed by atoms with Crippen LogP contribution in [-0.2, 0) is 4.79 Å². The molecule has 0 radical (unpaired) electrons. The number of unbranched alkanes of at least 4 members (excludes halogenated alkanes) is 1. The average molecular weight is 240 g/mol. The van der Waals surface area contributed by atoms with Gasteiger partial charge < -0.3 is 10.2 Å². The number of nitrogens with one attached hydrogen (secondary N) is 1. The van der Waals surface area contributed by atoms with Gasteiger partial charge in [0.1, 0.15) is 0 Å². The van der Waals surface area contributed by atoms with Gasteiger partial charge in [0, 0.05) is 25.6 Å². The number of likely N-dealkylation sites (N-methyl/N-ethyl adjacent to an activating group) is 1. The smallest absolute Gasteiger partial charge is 0.222 e. The van der Waals surface area contributed by atoms with Gasteiger partial charge in [-0.25, -0.2) is 0 Å². The summed E-state index contributed by atoms with van der Waals surface area (Å²) in [6.45, 7) is 6.19. The Morgan fingerprint density at radius 3 is 2.65 bits per heavy atom. The molecule has 1 rings (SSSR count). The summed E-state index contributed by atoms with van der Waals surface area (Å²) in [7, 11) is 2.01. The van der Waals surface area contributed by atoms with E-state index in [9.17, 15) is 4.79 Å². The van der Waals surface area contributed by atoms with Crippen LogP contribution < -0.4 is 5.32 Å². The number of hydrogen-bond donors (Lipinski definition) is 1. The zero-order valence-electron chi connectivity index (χ0n) is 11.7. The zero-order valence-corrected chi connectivity index (χ0v) is 11.7. The molecule has 100 valence electrons. The molecule has 1 fully saturated rings. The number of amides is 1. The van der Waals surface area contributed by atoms with Gasteiger partial charge in [-0.15, -0.1) is 0 Å². The van der Waals surface area contributed by atoms with Crippen molar-refractivity contribution < 1.29 is 4.79 Å². The normalized spacial score (nSPS) is 25.0. The van der Waals surface area contributed by atoms with E-state index in [0.29, 0.717) is 24.3 Å². The van der Waals surface area contributed by atoms with Gasteiger partial charge >= 0.3 is 0 Å². The molecule has 1 N–H and O–H groups in total. The number of carbonyl (C=O) groups excluding carboxylic acids is 1. The molecule has 0 spiro atoms. The molecule has 0 aliphatic carbocycles. The lowest BCUT2D eigenvalue weighted by Gasteiger charge is -2.38. The topological polar surface area (TPSA) is 32.3 Å². The Bertz CT molecular complexity index is 230. The number of carbonyl (C=O) groups is 1. The first-order chi connectivity index (χ1) is 8.21. The van der Waals surface area contributed by atoms with E-state index in [1.54, 1.807) is 0 Å². The van der Waals surface area contributed by atoms with Gasteiger partial charge in [-0.05, 0) is 32.2 Å². The van der Waals surface area contributed by atoms with Crippen molar-refractivity contribution in [2.75, 3.05) is 20.1 Å². The summed E-state index contributed by atoms with van der Waals surface area (Å²) in [5.41, 5.74) is 0. The Hall–Kier alpha value is -0.570. The second-order valence-electron chi connectivity index (χ2n) is 5.28. The van der Waals surface area contributed by atoms with Gasteiger partial charge in [-0.3, -0.25) is 4.79 Å². The molecule has 3 heteroatoms. The summed E-state index contributed by atoms with van der Waals surface area (Å²) in [6.07, 6.45) is 6.70. The molecule has 0 saturated carbocycles. The van der Waals surface area contributed by atoms with Crippen LogP contribution in [0.3, 0.4) is 0 Å². The van der Waals surface area contributed by atoms with Crippen LogP contribution in [0.15, 0.2) is 0 Å². The van der Waals surface area contributed by atoms with Crippen LogP contribution in [0.5, 0.6) is 0 Å². The highest BCUT2D eigenvalue weighted by molar-refractivity contribution is 5.76. The lowest BCUT2D eigenvalue weighted by molar-refractivity contribution is -0.133. The summed E-state index contributed by atoms with van der Waals surface area (Å²) < 4.78 is 0. The third kappa shape index (κ3) is 4.66. The SMILES string of the molecule is CCCCC1CC(NC)CN(C(=O)CCC)C1. The molecule has 0 aromatic carbocycles. The number of piperidine rings is 1. The summed E-state index contributed by atoms with van der Waals surface area (Å²) >= 11 is 0. The van der Waals surface area contributed by atoms with E-state index in [2.05, 4.69) is 24.1 Å². The van der Waals surface area contributed by atoms with Crippen LogP contribution in [0, 0.1) is 5.92 Å². The molecule has 1 heterocycles. The second kappa shape index (κ2) is 7.70. The van der Waals surface area contributed by atoms with E-state index in [0.717, 1.165) is 19.5 Å². The quantitative estimate of drug-likeness (QED) is 0.773. The van der Waals surface area contributed by atoms with Crippen molar-refractivity contribution in [1.29, 1.82) is 0 Å². The van der Waals surface area contributed by atoms with Gasteiger partial charge in [0.2, 0.25) is 5.91 Å². The van der Waals surface area contributed by atoms with Crippen LogP contribution in [0.4, 0.5) is 0 Å². The Balaban J connectivity index is 2.50. The number of likely N-dealkylation sites (tertiary alicyclic amines) is 1. The predicted molar refractivity (Wildman–Crippen MR) is 72.0 cm³/mol. The van der Waals surface area contributed by atoms with Crippen molar-refractivity contribution in [2.45, 2.75) is 58.4 Å². The van der Waals surface area contributed by atoms with Gasteiger partial charge in [-0.2, -0.15) is 0 Å². The molecule has 1 saturated heterocycles. The fourth-order valence-corrected chi connectivity index (χ4v) is 2.69. The van der Waals surface area contributed by atoms with Crippen LogP contribution >= 0.6 is 0 Å². The van der Waals surface area contributed by atoms with Gasteiger partial charge in [-0.1, -0.05) is 26.7 Å². The molecule has 2 atom stereocenters. The molecule has 1 aliphatic heterocycles. The van der Waals surface area contributed by atoms with Crippen LogP contribution in [0.1, 0.15) is 52.4 Å². The van der Waals surface area contributed by atoms with Crippen molar-refractivity contribution in [2.24, 2.45) is 5.92 Å². The maximum Gasteiger partial charge on any atom is 0.222 e. The third-order valence-electron chi connectivity index (χ3n) is 3.73. The zero-order chi connectivity index (χ0) is 12.7. The lowest BCUT2D eigenvalue weighted by atomic mass is 9.89. The van der Waals surface area contributed by atoms with E-state index in [4.69, 9.17) is 0 Å². The summed E-state index contributed by atoms with van der Waals surface area (Å²) in [5.74, 6) is 1.04. The van der Waals surface area contributed by atoms with Gasteiger partial charge in [0.25, 0.3) is 0 Å². The molecule has 3 nitrogen and oxygen atoms in total. The Kier molecular flexibility index (Phi) is 6.56. The van der Waals surface area contributed by atoms with E-state index in [-0.39, 0.29) is 0 Å². The largest absolute Gasteiger partial charge is 0.341 e. The molecular weight excluding hydrogens is 212 g/mol. The minimum atomic E-state index is 0.342. The fourth-order valence-electron chi connectivity index (χ4n) is 2.69. The Morgan fingerprint density at radius 1 is 1.29 bits per heavy atom. The van der Waals surface area contributed by atoms with E-state index < -0.39 is 0 Å². The molecule has 2 unspecified atom stereocenters. The van der Waals surface area contributed by atoms with Gasteiger partial charge in [0.05, 0.1) is 0 Å². The predicted octanol–water partition coefficient (Wildman–Crippen LogP) is 2.41. The molecule has 0 aromatic rings. The first kappa shape index (κ1) is 14.5. The Morgan fingerprint density at radius 2 is 2.06 bits per heavy atom. The minimum absolute atomic E-state index is 0.342. The van der Waals surface area contributed by atoms with Crippen LogP contribution in [0.2, 0.25) is 0 Å². The number of rotatable bonds is 6. The minimum Gasteiger partial charge on any atom is -0.341 e. The lowest BCUT2D eigenvalue weighted by Crippen LogP contribution is -2.50. The summed E-state index contributed by atoms with van der Waals surface area (Å²) in [4.78, 5) is 14.1. The highest BCUT2D eigenvalue weighted by atomic mass is 16.2. The molecule has 0 aromatic heterocycles. The van der Waals surface area contributed by atoms with E-state index >= 15 is 0 Å². The summed E-state index contributed by atoms with van der Waals surface area (Å²) in [6, 6.07) is 0.492. The van der Waals surface area contributed by atoms with Crippen molar-refractivity contribution in [3.8, 4) is 0 Å². The molecule has 1 amide bonds.